The summed E-state index contributed by atoms with van der Waals surface area (Å²) in [5, 5.41) is 0. The first-order chi connectivity index (χ1) is 14.1. The van der Waals surface area contributed by atoms with Crippen LogP contribution in [0.3, 0.4) is 0 Å². The Bertz CT molecular complexity index is 916. The molecule has 0 radical (unpaired) electrons. The van der Waals surface area contributed by atoms with Crippen LogP contribution in [0.4, 0.5) is 0 Å². The number of hydrogen-bond donors (Lipinski definition) is 0. The van der Waals surface area contributed by atoms with E-state index in [9.17, 15) is 4.79 Å². The van der Waals surface area contributed by atoms with E-state index < -0.39 is 6.10 Å². The molecule has 0 N–H and O–H groups in total. The Labute approximate surface area is 171 Å². The van der Waals surface area contributed by atoms with Crippen molar-refractivity contribution in [2.45, 2.75) is 26.0 Å². The largest absolute Gasteiger partial charge is 0.492 e. The second kappa shape index (κ2) is 9.94. The van der Waals surface area contributed by atoms with E-state index in [2.05, 4.69) is 35.8 Å². The summed E-state index contributed by atoms with van der Waals surface area (Å²) in [5.41, 5.74) is 4.58. The number of hydrogen-bond acceptors (Lipinski definition) is 4. The van der Waals surface area contributed by atoms with Crippen molar-refractivity contribution < 1.29 is 19.0 Å². The fourth-order valence-electron chi connectivity index (χ4n) is 3.31. The molecule has 0 amide bonds. The summed E-state index contributed by atoms with van der Waals surface area (Å²) in [4.78, 5) is 11.7. The van der Waals surface area contributed by atoms with Gasteiger partial charge in [-0.2, -0.15) is 0 Å². The van der Waals surface area contributed by atoms with E-state index in [0.29, 0.717) is 13.0 Å². The maximum absolute atomic E-state index is 11.7. The lowest BCUT2D eigenvalue weighted by Crippen LogP contribution is -2.26. The summed E-state index contributed by atoms with van der Waals surface area (Å²) in [5.74, 6) is 0.427. The monoisotopic (exact) mass is 393 g/mol. The van der Waals surface area contributed by atoms with E-state index in [1.807, 2.05) is 42.5 Å². The summed E-state index contributed by atoms with van der Waals surface area (Å²) in [7, 11) is 2.87. The highest BCUT2D eigenvalue weighted by atomic mass is 16.6. The molecule has 1 aromatic heterocycles. The normalized spacial score (nSPS) is 11.8. The molecule has 3 aromatic rings. The molecule has 0 saturated carbocycles. The standard InChI is InChI=1S/C24H27NO4/c1-18-9-14-22(20-7-5-4-6-8-20)25(18)15-16-29-21-12-10-19(11-13-21)17-23(27-2)24(26)28-3/h4-14,23H,15-17H2,1-3H3/t23-/m0/s1. The van der Waals surface area contributed by atoms with Crippen molar-refractivity contribution >= 4 is 5.97 Å². The van der Waals surface area contributed by atoms with E-state index in [-0.39, 0.29) is 5.97 Å². The average Bonchev–Trinajstić information content (AvgIpc) is 3.13. The molecule has 0 aliphatic carbocycles. The molecule has 1 atom stereocenters. The number of carbonyl (C=O) groups is 1. The van der Waals surface area contributed by atoms with Gasteiger partial charge < -0.3 is 18.8 Å². The van der Waals surface area contributed by atoms with Crippen molar-refractivity contribution in [2.75, 3.05) is 20.8 Å². The quantitative estimate of drug-likeness (QED) is 0.510. The third kappa shape index (κ3) is 5.27. The maximum atomic E-state index is 11.7. The van der Waals surface area contributed by atoms with Gasteiger partial charge in [0, 0.05) is 24.9 Å². The van der Waals surface area contributed by atoms with Crippen molar-refractivity contribution in [1.29, 1.82) is 0 Å². The summed E-state index contributed by atoms with van der Waals surface area (Å²) in [6.07, 6.45) is -0.133. The Balaban J connectivity index is 1.58. The summed E-state index contributed by atoms with van der Waals surface area (Å²) >= 11 is 0. The van der Waals surface area contributed by atoms with E-state index >= 15 is 0 Å². The summed E-state index contributed by atoms with van der Waals surface area (Å²) < 4.78 is 18.1. The Morgan fingerprint density at radius 3 is 2.34 bits per heavy atom. The fourth-order valence-corrected chi connectivity index (χ4v) is 3.31. The smallest absolute Gasteiger partial charge is 0.335 e. The second-order valence-electron chi connectivity index (χ2n) is 6.82. The molecule has 152 valence electrons. The Hall–Kier alpha value is -3.05. The van der Waals surface area contributed by atoms with Crippen molar-refractivity contribution in [3.8, 4) is 17.0 Å². The van der Waals surface area contributed by atoms with Gasteiger partial charge in [0.2, 0.25) is 0 Å². The van der Waals surface area contributed by atoms with Crippen LogP contribution in [0, 0.1) is 6.92 Å². The maximum Gasteiger partial charge on any atom is 0.335 e. The number of ether oxygens (including phenoxy) is 3. The Kier molecular flexibility index (Phi) is 7.09. The van der Waals surface area contributed by atoms with Crippen LogP contribution in [0.1, 0.15) is 11.3 Å². The minimum atomic E-state index is -0.597. The number of benzene rings is 2. The molecule has 0 aliphatic rings. The average molecular weight is 393 g/mol. The van der Waals surface area contributed by atoms with Crippen molar-refractivity contribution in [3.63, 3.8) is 0 Å². The van der Waals surface area contributed by atoms with Gasteiger partial charge in [-0.1, -0.05) is 42.5 Å². The van der Waals surface area contributed by atoms with Crippen LogP contribution in [-0.2, 0) is 27.2 Å². The Morgan fingerprint density at radius 2 is 1.69 bits per heavy atom. The SMILES string of the molecule is COC(=O)[C@H](Cc1ccc(OCCn2c(C)ccc2-c2ccccc2)cc1)OC. The molecule has 0 aliphatic heterocycles. The van der Waals surface area contributed by atoms with Gasteiger partial charge in [-0.15, -0.1) is 0 Å². The third-order valence-corrected chi connectivity index (χ3v) is 4.95. The third-order valence-electron chi connectivity index (χ3n) is 4.95. The van der Waals surface area contributed by atoms with Crippen LogP contribution in [0.2, 0.25) is 0 Å². The minimum absolute atomic E-state index is 0.371. The van der Waals surface area contributed by atoms with Gasteiger partial charge in [-0.3, -0.25) is 0 Å². The van der Waals surface area contributed by atoms with Crippen LogP contribution < -0.4 is 4.74 Å². The summed E-state index contributed by atoms with van der Waals surface area (Å²) in [6, 6.07) is 22.4. The van der Waals surface area contributed by atoms with Crippen molar-refractivity contribution in [2.24, 2.45) is 0 Å². The van der Waals surface area contributed by atoms with E-state index in [4.69, 9.17) is 14.2 Å². The highest BCUT2D eigenvalue weighted by molar-refractivity contribution is 5.74. The van der Waals surface area contributed by atoms with Crippen LogP contribution >= 0.6 is 0 Å². The predicted octanol–water partition coefficient (Wildman–Crippen LogP) is 4.27. The molecule has 0 spiro atoms. The molecular weight excluding hydrogens is 366 g/mol. The molecule has 5 nitrogen and oxygen atoms in total. The van der Waals surface area contributed by atoms with Gasteiger partial charge in [0.1, 0.15) is 12.4 Å². The molecular formula is C24H27NO4. The lowest BCUT2D eigenvalue weighted by Gasteiger charge is -2.14. The van der Waals surface area contributed by atoms with Gasteiger partial charge in [0.15, 0.2) is 6.10 Å². The van der Waals surface area contributed by atoms with Gasteiger partial charge in [-0.25, -0.2) is 4.79 Å². The molecule has 1 heterocycles. The molecule has 0 bridgehead atoms. The van der Waals surface area contributed by atoms with Gasteiger partial charge >= 0.3 is 5.97 Å². The number of rotatable bonds is 9. The number of esters is 1. The zero-order valence-electron chi connectivity index (χ0n) is 17.1. The van der Waals surface area contributed by atoms with Gasteiger partial charge in [-0.05, 0) is 42.3 Å². The zero-order valence-corrected chi connectivity index (χ0v) is 17.1. The summed E-state index contributed by atoms with van der Waals surface area (Å²) in [6.45, 7) is 3.44. The Morgan fingerprint density at radius 1 is 0.966 bits per heavy atom. The first-order valence-electron chi connectivity index (χ1n) is 9.66. The first kappa shape index (κ1) is 20.7. The fraction of sp³-hybridized carbons (Fsp3) is 0.292. The number of aromatic nitrogens is 1. The predicted molar refractivity (Wildman–Crippen MR) is 113 cm³/mol. The first-order valence-corrected chi connectivity index (χ1v) is 9.66. The lowest BCUT2D eigenvalue weighted by molar-refractivity contribution is -0.152. The second-order valence-corrected chi connectivity index (χ2v) is 6.82. The highest BCUT2D eigenvalue weighted by Crippen LogP contribution is 2.22. The van der Waals surface area contributed by atoms with Crippen molar-refractivity contribution in [1.82, 2.24) is 4.57 Å². The van der Waals surface area contributed by atoms with E-state index in [1.54, 1.807) is 0 Å². The van der Waals surface area contributed by atoms with Gasteiger partial charge in [0.05, 0.1) is 13.7 Å². The number of carbonyl (C=O) groups excluding carboxylic acids is 1. The molecule has 3 rings (SSSR count). The number of nitrogens with zero attached hydrogens (tertiary/aromatic N) is 1. The molecule has 5 heteroatoms. The topological polar surface area (TPSA) is 49.7 Å². The van der Waals surface area contributed by atoms with Crippen LogP contribution in [0.25, 0.3) is 11.3 Å². The lowest BCUT2D eigenvalue weighted by atomic mass is 10.1. The molecule has 0 unspecified atom stereocenters. The van der Waals surface area contributed by atoms with Crippen molar-refractivity contribution in [3.05, 3.63) is 78.0 Å². The van der Waals surface area contributed by atoms with E-state index in [1.165, 1.54) is 31.2 Å². The van der Waals surface area contributed by atoms with Crippen LogP contribution in [0.5, 0.6) is 5.75 Å². The zero-order chi connectivity index (χ0) is 20.6. The minimum Gasteiger partial charge on any atom is -0.492 e. The van der Waals surface area contributed by atoms with Crippen LogP contribution in [0.15, 0.2) is 66.7 Å². The molecule has 29 heavy (non-hydrogen) atoms. The molecule has 0 fully saturated rings. The number of aryl methyl sites for hydroxylation is 1. The van der Waals surface area contributed by atoms with E-state index in [0.717, 1.165) is 17.9 Å². The van der Waals surface area contributed by atoms with Crippen LogP contribution in [-0.4, -0.2) is 37.5 Å². The van der Waals surface area contributed by atoms with Gasteiger partial charge in [0.25, 0.3) is 0 Å². The molecule has 2 aromatic carbocycles. The number of methoxy groups -OCH3 is 2. The molecule has 0 saturated heterocycles. The highest BCUT2D eigenvalue weighted by Gasteiger charge is 2.18.